The van der Waals surface area contributed by atoms with Crippen molar-refractivity contribution >= 4 is 11.7 Å². The molecule has 0 aromatic carbocycles. The number of morpholine rings is 1. The zero-order valence-electron chi connectivity index (χ0n) is 12.6. The molecule has 0 spiro atoms. The van der Waals surface area contributed by atoms with Gasteiger partial charge in [0.15, 0.2) is 12.1 Å². The number of ether oxygens (including phenoxy) is 1. The summed E-state index contributed by atoms with van der Waals surface area (Å²) >= 11 is 0. The van der Waals surface area contributed by atoms with Crippen molar-refractivity contribution in [2.75, 3.05) is 32.1 Å². The van der Waals surface area contributed by atoms with E-state index in [2.05, 4.69) is 15.3 Å². The summed E-state index contributed by atoms with van der Waals surface area (Å²) in [6.07, 6.45) is 1.05. The molecule has 0 bridgehead atoms. The SMILES string of the molecule is CNc1cccc([C@@H]2CN(C(=O)c3ncoc3C)CCO2)n1. The predicted octanol–water partition coefficient (Wildman–Crippen LogP) is 1.63. The minimum Gasteiger partial charge on any atom is -0.448 e. The molecule has 1 aliphatic rings. The van der Waals surface area contributed by atoms with Crippen molar-refractivity contribution in [1.82, 2.24) is 14.9 Å². The number of rotatable bonds is 3. The minimum atomic E-state index is -0.238. The highest BCUT2D eigenvalue weighted by atomic mass is 16.5. The summed E-state index contributed by atoms with van der Waals surface area (Å²) in [6, 6.07) is 5.70. The molecule has 0 saturated carbocycles. The number of hydrogen-bond donors (Lipinski definition) is 1. The second-order valence-electron chi connectivity index (χ2n) is 5.07. The Morgan fingerprint density at radius 1 is 1.45 bits per heavy atom. The van der Waals surface area contributed by atoms with Crippen LogP contribution in [0.3, 0.4) is 0 Å². The van der Waals surface area contributed by atoms with E-state index in [1.807, 2.05) is 25.2 Å². The van der Waals surface area contributed by atoms with Crippen LogP contribution in [0, 0.1) is 6.92 Å². The van der Waals surface area contributed by atoms with Crippen LogP contribution in [0.5, 0.6) is 0 Å². The molecule has 1 atom stereocenters. The Morgan fingerprint density at radius 3 is 3.05 bits per heavy atom. The smallest absolute Gasteiger partial charge is 0.276 e. The van der Waals surface area contributed by atoms with Crippen molar-refractivity contribution in [2.24, 2.45) is 0 Å². The number of oxazole rings is 1. The maximum atomic E-state index is 12.5. The summed E-state index contributed by atoms with van der Waals surface area (Å²) < 4.78 is 10.9. The first-order chi connectivity index (χ1) is 10.7. The van der Waals surface area contributed by atoms with Gasteiger partial charge in [-0.1, -0.05) is 6.07 Å². The number of aromatic nitrogens is 2. The molecule has 3 rings (SSSR count). The Kier molecular flexibility index (Phi) is 4.06. The molecule has 1 aliphatic heterocycles. The molecule has 7 nitrogen and oxygen atoms in total. The number of anilines is 1. The molecule has 7 heteroatoms. The van der Waals surface area contributed by atoms with Gasteiger partial charge in [-0.3, -0.25) is 4.79 Å². The number of hydrogen-bond acceptors (Lipinski definition) is 6. The second kappa shape index (κ2) is 6.15. The maximum absolute atomic E-state index is 12.5. The molecule has 0 unspecified atom stereocenters. The Bertz CT molecular complexity index is 670. The van der Waals surface area contributed by atoms with E-state index in [-0.39, 0.29) is 12.0 Å². The van der Waals surface area contributed by atoms with E-state index in [1.54, 1.807) is 11.8 Å². The number of aryl methyl sites for hydroxylation is 1. The van der Waals surface area contributed by atoms with Crippen molar-refractivity contribution in [2.45, 2.75) is 13.0 Å². The lowest BCUT2D eigenvalue weighted by Gasteiger charge is -2.32. The molecule has 2 aromatic heterocycles. The quantitative estimate of drug-likeness (QED) is 0.928. The van der Waals surface area contributed by atoms with Crippen LogP contribution in [0.15, 0.2) is 29.0 Å². The molecule has 2 aromatic rings. The predicted molar refractivity (Wildman–Crippen MR) is 79.6 cm³/mol. The molecule has 0 radical (unpaired) electrons. The van der Waals surface area contributed by atoms with Crippen molar-refractivity contribution in [3.63, 3.8) is 0 Å². The monoisotopic (exact) mass is 302 g/mol. The van der Waals surface area contributed by atoms with E-state index in [1.165, 1.54) is 6.39 Å². The van der Waals surface area contributed by atoms with Crippen molar-refractivity contribution in [3.8, 4) is 0 Å². The molecule has 1 fully saturated rings. The average molecular weight is 302 g/mol. The van der Waals surface area contributed by atoms with Crippen LogP contribution < -0.4 is 5.32 Å². The van der Waals surface area contributed by atoms with Crippen LogP contribution in [0.1, 0.15) is 28.0 Å². The van der Waals surface area contributed by atoms with Gasteiger partial charge < -0.3 is 19.4 Å². The topological polar surface area (TPSA) is 80.5 Å². The number of nitrogens with one attached hydrogen (secondary N) is 1. The van der Waals surface area contributed by atoms with Gasteiger partial charge in [0.2, 0.25) is 0 Å². The number of carbonyl (C=O) groups excluding carboxylic acids is 1. The van der Waals surface area contributed by atoms with Crippen molar-refractivity contribution in [1.29, 1.82) is 0 Å². The summed E-state index contributed by atoms with van der Waals surface area (Å²) in [6.45, 7) is 3.19. The fourth-order valence-electron chi connectivity index (χ4n) is 2.44. The Balaban J connectivity index is 1.76. The van der Waals surface area contributed by atoms with E-state index in [0.717, 1.165) is 11.5 Å². The summed E-state index contributed by atoms with van der Waals surface area (Å²) in [4.78, 5) is 22.7. The third-order valence-corrected chi connectivity index (χ3v) is 3.66. The molecular formula is C15H18N4O3. The maximum Gasteiger partial charge on any atom is 0.276 e. The highest BCUT2D eigenvalue weighted by molar-refractivity contribution is 5.93. The summed E-state index contributed by atoms with van der Waals surface area (Å²) in [5, 5.41) is 3.00. The highest BCUT2D eigenvalue weighted by Gasteiger charge is 2.29. The standard InChI is InChI=1S/C15H18N4O3/c1-10-14(17-9-22-10)15(20)19-6-7-21-12(8-19)11-4-3-5-13(16-2)18-11/h3-5,9,12H,6-8H2,1-2H3,(H,16,18)/t12-/m0/s1. The lowest BCUT2D eigenvalue weighted by molar-refractivity contribution is -0.0248. The largest absolute Gasteiger partial charge is 0.448 e. The lowest BCUT2D eigenvalue weighted by Crippen LogP contribution is -2.42. The molecular weight excluding hydrogens is 284 g/mol. The van der Waals surface area contributed by atoms with Crippen LogP contribution in [-0.2, 0) is 4.74 Å². The molecule has 3 heterocycles. The van der Waals surface area contributed by atoms with Gasteiger partial charge in [-0.05, 0) is 19.1 Å². The Labute approximate surface area is 128 Å². The summed E-state index contributed by atoms with van der Waals surface area (Å²) in [5.41, 5.74) is 1.17. The average Bonchev–Trinajstić information content (AvgIpc) is 3.00. The first-order valence-electron chi connectivity index (χ1n) is 7.14. The van der Waals surface area contributed by atoms with E-state index in [9.17, 15) is 4.79 Å². The van der Waals surface area contributed by atoms with Gasteiger partial charge in [0, 0.05) is 13.6 Å². The third kappa shape index (κ3) is 2.80. The third-order valence-electron chi connectivity index (χ3n) is 3.66. The van der Waals surface area contributed by atoms with Crippen LogP contribution in [0.2, 0.25) is 0 Å². The Morgan fingerprint density at radius 2 is 2.32 bits per heavy atom. The van der Waals surface area contributed by atoms with Gasteiger partial charge in [0.25, 0.3) is 5.91 Å². The van der Waals surface area contributed by atoms with Crippen LogP contribution in [-0.4, -0.2) is 47.5 Å². The van der Waals surface area contributed by atoms with E-state index < -0.39 is 0 Å². The molecule has 0 aliphatic carbocycles. The summed E-state index contributed by atoms with van der Waals surface area (Å²) in [5.74, 6) is 1.17. The number of pyridine rings is 1. The first kappa shape index (κ1) is 14.5. The summed E-state index contributed by atoms with van der Waals surface area (Å²) in [7, 11) is 1.82. The van der Waals surface area contributed by atoms with Gasteiger partial charge >= 0.3 is 0 Å². The van der Waals surface area contributed by atoms with Gasteiger partial charge in [0.1, 0.15) is 17.7 Å². The molecule has 22 heavy (non-hydrogen) atoms. The zero-order valence-corrected chi connectivity index (χ0v) is 12.6. The molecule has 1 N–H and O–H groups in total. The van der Waals surface area contributed by atoms with Crippen LogP contribution in [0.4, 0.5) is 5.82 Å². The van der Waals surface area contributed by atoms with Crippen molar-refractivity contribution in [3.05, 3.63) is 41.7 Å². The highest BCUT2D eigenvalue weighted by Crippen LogP contribution is 2.23. The molecule has 1 amide bonds. The van der Waals surface area contributed by atoms with Gasteiger partial charge in [0.05, 0.1) is 18.8 Å². The molecule has 116 valence electrons. The number of carbonyl (C=O) groups is 1. The van der Waals surface area contributed by atoms with Crippen LogP contribution in [0.25, 0.3) is 0 Å². The Hall–Kier alpha value is -2.41. The van der Waals surface area contributed by atoms with Gasteiger partial charge in [-0.15, -0.1) is 0 Å². The fraction of sp³-hybridized carbons (Fsp3) is 0.400. The number of amides is 1. The fourth-order valence-corrected chi connectivity index (χ4v) is 2.44. The van der Waals surface area contributed by atoms with Gasteiger partial charge in [-0.2, -0.15) is 0 Å². The van der Waals surface area contributed by atoms with E-state index >= 15 is 0 Å². The zero-order chi connectivity index (χ0) is 15.5. The van der Waals surface area contributed by atoms with Gasteiger partial charge in [-0.25, -0.2) is 9.97 Å². The number of nitrogens with zero attached hydrogens (tertiary/aromatic N) is 3. The van der Waals surface area contributed by atoms with E-state index in [4.69, 9.17) is 9.15 Å². The molecule has 1 saturated heterocycles. The van der Waals surface area contributed by atoms with Crippen molar-refractivity contribution < 1.29 is 13.9 Å². The van der Waals surface area contributed by atoms with E-state index in [0.29, 0.717) is 31.2 Å². The first-order valence-corrected chi connectivity index (χ1v) is 7.14. The lowest BCUT2D eigenvalue weighted by atomic mass is 10.1. The minimum absolute atomic E-state index is 0.135. The normalized spacial score (nSPS) is 18.3. The van der Waals surface area contributed by atoms with Crippen LogP contribution >= 0.6 is 0 Å². The second-order valence-corrected chi connectivity index (χ2v) is 5.07.